The number of nitrogens with zero attached hydrogens (tertiary/aromatic N) is 1. The number of rotatable bonds is 2. The van der Waals surface area contributed by atoms with Gasteiger partial charge in [0.2, 0.25) is 0 Å². The molecule has 1 unspecified atom stereocenters. The number of carbonyl (C=O) groups excluding carboxylic acids is 2. The topological polar surface area (TPSA) is 49.4 Å². The highest BCUT2D eigenvalue weighted by Crippen LogP contribution is 2.64. The van der Waals surface area contributed by atoms with Crippen molar-refractivity contribution in [3.8, 4) is 0 Å². The molecule has 2 amide bonds. The Bertz CT molecular complexity index is 1010. The molecule has 5 rings (SSSR count). The predicted molar refractivity (Wildman–Crippen MR) is 129 cm³/mol. The number of benzene rings is 1. The van der Waals surface area contributed by atoms with Crippen molar-refractivity contribution < 1.29 is 9.59 Å². The highest BCUT2D eigenvalue weighted by molar-refractivity contribution is 6.37. The zero-order valence-corrected chi connectivity index (χ0v) is 20.6. The van der Waals surface area contributed by atoms with Crippen molar-refractivity contribution in [2.75, 3.05) is 12.4 Å². The Morgan fingerprint density at radius 2 is 1.88 bits per heavy atom. The molecule has 1 heterocycles. The van der Waals surface area contributed by atoms with Crippen LogP contribution in [0.15, 0.2) is 29.8 Å². The van der Waals surface area contributed by atoms with Gasteiger partial charge < -0.3 is 10.2 Å². The second-order valence-corrected chi connectivity index (χ2v) is 11.8. The zero-order valence-electron chi connectivity index (χ0n) is 19.1. The number of likely N-dealkylation sites (N-methyl/N-ethyl adjacent to an activating group) is 1. The molecule has 32 heavy (non-hydrogen) atoms. The average molecular weight is 475 g/mol. The summed E-state index contributed by atoms with van der Waals surface area (Å²) < 4.78 is 0. The maximum absolute atomic E-state index is 13.3. The van der Waals surface area contributed by atoms with Gasteiger partial charge in [-0.3, -0.25) is 9.59 Å². The lowest BCUT2D eigenvalue weighted by Gasteiger charge is -2.60. The largest absolute Gasteiger partial charge is 0.338 e. The van der Waals surface area contributed by atoms with Crippen LogP contribution < -0.4 is 5.32 Å². The minimum absolute atomic E-state index is 0.151. The minimum atomic E-state index is -0.394. The second kappa shape index (κ2) is 7.77. The first-order valence-electron chi connectivity index (χ1n) is 11.9. The first kappa shape index (κ1) is 22.3. The van der Waals surface area contributed by atoms with E-state index in [9.17, 15) is 9.59 Å². The Morgan fingerprint density at radius 3 is 2.62 bits per heavy atom. The lowest BCUT2D eigenvalue weighted by atomic mass is 9.48. The highest BCUT2D eigenvalue weighted by Gasteiger charge is 2.59. The standard InChI is InChI=1S/C26H32Cl2N2O2/c1-25-11-4-5-18(25)16-7-9-22-26(2,19(16)10-12-25)14-17(24(32)30(22)3)23(31)29-21-8-6-15(27)13-20(21)28/h6,8,13-14,16,18-19,22H,4-5,7,9-12H2,1-3H3,(H,29,31)/t16-,18-,19+,22?,25-,26+/m0/s1. The van der Waals surface area contributed by atoms with Crippen molar-refractivity contribution >= 4 is 40.7 Å². The summed E-state index contributed by atoms with van der Waals surface area (Å²) in [4.78, 5) is 28.3. The molecule has 1 N–H and O–H groups in total. The molecule has 1 aliphatic heterocycles. The number of anilines is 1. The first-order chi connectivity index (χ1) is 15.1. The first-order valence-corrected chi connectivity index (χ1v) is 12.7. The minimum Gasteiger partial charge on any atom is -0.338 e. The fourth-order valence-corrected chi connectivity index (χ4v) is 8.28. The van der Waals surface area contributed by atoms with Crippen molar-refractivity contribution in [2.24, 2.45) is 28.6 Å². The molecule has 1 aromatic rings. The van der Waals surface area contributed by atoms with Gasteiger partial charge in [0.25, 0.3) is 11.8 Å². The number of fused-ring (bicyclic) bond motifs is 5. The van der Waals surface area contributed by atoms with Gasteiger partial charge in [-0.25, -0.2) is 0 Å². The van der Waals surface area contributed by atoms with Gasteiger partial charge in [0.15, 0.2) is 0 Å². The summed E-state index contributed by atoms with van der Waals surface area (Å²) in [5, 5.41) is 3.70. The normalized spacial score (nSPS) is 38.5. The van der Waals surface area contributed by atoms with Crippen LogP contribution in [-0.4, -0.2) is 29.8 Å². The van der Waals surface area contributed by atoms with Crippen molar-refractivity contribution in [3.05, 3.63) is 39.9 Å². The van der Waals surface area contributed by atoms with Gasteiger partial charge >= 0.3 is 0 Å². The second-order valence-electron chi connectivity index (χ2n) is 11.0. The molecule has 1 aromatic carbocycles. The molecular formula is C26H32Cl2N2O2. The Morgan fingerprint density at radius 1 is 1.09 bits per heavy atom. The molecule has 0 saturated heterocycles. The summed E-state index contributed by atoms with van der Waals surface area (Å²) in [5.41, 5.74) is 0.991. The predicted octanol–water partition coefficient (Wildman–Crippen LogP) is 6.33. The maximum Gasteiger partial charge on any atom is 0.260 e. The van der Waals surface area contributed by atoms with E-state index in [0.29, 0.717) is 33.0 Å². The van der Waals surface area contributed by atoms with Gasteiger partial charge in [0.05, 0.1) is 10.7 Å². The van der Waals surface area contributed by atoms with Crippen LogP contribution in [0, 0.1) is 28.6 Å². The van der Waals surface area contributed by atoms with E-state index in [1.165, 1.54) is 38.5 Å². The van der Waals surface area contributed by atoms with Crippen molar-refractivity contribution in [3.63, 3.8) is 0 Å². The number of hydrogen-bond donors (Lipinski definition) is 1. The maximum atomic E-state index is 13.3. The summed E-state index contributed by atoms with van der Waals surface area (Å²) in [7, 11) is 1.86. The molecule has 0 spiro atoms. The van der Waals surface area contributed by atoms with Crippen molar-refractivity contribution in [2.45, 2.75) is 64.8 Å². The molecule has 6 atom stereocenters. The summed E-state index contributed by atoms with van der Waals surface area (Å²) in [5.74, 6) is 1.38. The lowest BCUT2D eigenvalue weighted by Crippen LogP contribution is -2.60. The number of nitrogens with one attached hydrogen (secondary N) is 1. The van der Waals surface area contributed by atoms with E-state index in [0.717, 1.165) is 12.3 Å². The molecule has 0 aromatic heterocycles. The summed E-state index contributed by atoms with van der Waals surface area (Å²) in [6.07, 6.45) is 10.7. The fraction of sp³-hybridized carbons (Fsp3) is 0.615. The molecule has 172 valence electrons. The van der Waals surface area contributed by atoms with Gasteiger partial charge in [-0.15, -0.1) is 0 Å². The number of hydrogen-bond acceptors (Lipinski definition) is 2. The third-order valence-corrected chi connectivity index (χ3v) is 9.95. The van der Waals surface area contributed by atoms with Gasteiger partial charge in [0, 0.05) is 23.5 Å². The van der Waals surface area contributed by atoms with E-state index in [1.807, 2.05) is 18.0 Å². The fourth-order valence-electron chi connectivity index (χ4n) is 7.83. The summed E-state index contributed by atoms with van der Waals surface area (Å²) in [6, 6.07) is 5.09. The van der Waals surface area contributed by atoms with Gasteiger partial charge in [-0.1, -0.05) is 49.5 Å². The number of amides is 2. The monoisotopic (exact) mass is 474 g/mol. The molecule has 4 nitrogen and oxygen atoms in total. The smallest absolute Gasteiger partial charge is 0.260 e. The zero-order chi connectivity index (χ0) is 22.8. The molecule has 6 heteroatoms. The van der Waals surface area contributed by atoms with Crippen LogP contribution in [0.1, 0.15) is 58.8 Å². The van der Waals surface area contributed by atoms with Crippen LogP contribution in [0.3, 0.4) is 0 Å². The Balaban J connectivity index is 1.48. The quantitative estimate of drug-likeness (QED) is 0.508. The van der Waals surface area contributed by atoms with E-state index < -0.39 is 5.91 Å². The number of halogens is 2. The van der Waals surface area contributed by atoms with Crippen molar-refractivity contribution in [1.82, 2.24) is 4.90 Å². The van der Waals surface area contributed by atoms with Crippen LogP contribution in [0.2, 0.25) is 10.0 Å². The molecule has 0 radical (unpaired) electrons. The molecule has 3 saturated carbocycles. The molecule has 3 aliphatic carbocycles. The van der Waals surface area contributed by atoms with Crippen LogP contribution in [0.25, 0.3) is 0 Å². The van der Waals surface area contributed by atoms with Gasteiger partial charge in [0.1, 0.15) is 5.57 Å². The Kier molecular flexibility index (Phi) is 5.41. The molecule has 4 aliphatic rings. The molecule has 0 bridgehead atoms. The Hall–Kier alpha value is -1.52. The van der Waals surface area contributed by atoms with E-state index >= 15 is 0 Å². The SMILES string of the molecule is CN1C(=O)C(C(=O)Nc2ccc(Cl)cc2Cl)=C[C@@]2(C)C1CC[C@@H]1[C@H]2CC[C@]2(C)CCC[C@@H]12. The van der Waals surface area contributed by atoms with Crippen LogP contribution in [-0.2, 0) is 9.59 Å². The third kappa shape index (κ3) is 3.32. The van der Waals surface area contributed by atoms with Crippen molar-refractivity contribution in [1.29, 1.82) is 0 Å². The Labute approximate surface area is 200 Å². The van der Waals surface area contributed by atoms with E-state index in [4.69, 9.17) is 23.2 Å². The molecular weight excluding hydrogens is 443 g/mol. The van der Waals surface area contributed by atoms with Gasteiger partial charge in [-0.05, 0) is 79.9 Å². The molecule has 3 fully saturated rings. The van der Waals surface area contributed by atoms with Crippen LogP contribution in [0.4, 0.5) is 5.69 Å². The van der Waals surface area contributed by atoms with Crippen LogP contribution in [0.5, 0.6) is 0 Å². The lowest BCUT2D eigenvalue weighted by molar-refractivity contribution is -0.141. The summed E-state index contributed by atoms with van der Waals surface area (Å²) >= 11 is 12.2. The summed E-state index contributed by atoms with van der Waals surface area (Å²) in [6.45, 7) is 4.79. The van der Waals surface area contributed by atoms with Crippen LogP contribution >= 0.6 is 23.2 Å². The van der Waals surface area contributed by atoms with Gasteiger partial charge in [-0.2, -0.15) is 0 Å². The number of carbonyl (C=O) groups is 2. The van der Waals surface area contributed by atoms with E-state index in [1.54, 1.807) is 18.2 Å². The average Bonchev–Trinajstić information content (AvgIpc) is 3.14. The third-order valence-electron chi connectivity index (χ3n) is 9.41. The van der Waals surface area contributed by atoms with E-state index in [-0.39, 0.29) is 22.9 Å². The highest BCUT2D eigenvalue weighted by atomic mass is 35.5. The van der Waals surface area contributed by atoms with E-state index in [2.05, 4.69) is 19.2 Å².